The lowest BCUT2D eigenvalue weighted by molar-refractivity contribution is 0.0454. The Morgan fingerprint density at radius 2 is 1.85 bits per heavy atom. The molecule has 1 aliphatic rings. The van der Waals surface area contributed by atoms with Crippen molar-refractivity contribution >= 4 is 0 Å². The van der Waals surface area contributed by atoms with Crippen LogP contribution < -0.4 is 4.74 Å². The van der Waals surface area contributed by atoms with Crippen LogP contribution in [0.5, 0.6) is 5.75 Å². The highest BCUT2D eigenvalue weighted by Crippen LogP contribution is 2.20. The number of aliphatic hydroxyl groups excluding tert-OH is 2. The van der Waals surface area contributed by atoms with Crippen molar-refractivity contribution < 1.29 is 19.4 Å². The molecule has 0 unspecified atom stereocenters. The van der Waals surface area contributed by atoms with Gasteiger partial charge in [-0.2, -0.15) is 0 Å². The first-order valence-corrected chi connectivity index (χ1v) is 9.63. The van der Waals surface area contributed by atoms with Crippen LogP contribution in [0.3, 0.4) is 0 Å². The lowest BCUT2D eigenvalue weighted by Gasteiger charge is -2.41. The van der Waals surface area contributed by atoms with Crippen molar-refractivity contribution in [2.24, 2.45) is 0 Å². The largest absolute Gasteiger partial charge is 0.491 e. The van der Waals surface area contributed by atoms with Gasteiger partial charge < -0.3 is 19.4 Å². The molecule has 0 amide bonds. The zero-order chi connectivity index (χ0) is 19.1. The minimum Gasteiger partial charge on any atom is -0.491 e. The third-order valence-electron chi connectivity index (χ3n) is 5.00. The quantitative estimate of drug-likeness (QED) is 0.700. The van der Waals surface area contributed by atoms with E-state index in [-0.39, 0.29) is 13.2 Å². The standard InChI is InChI=1S/C21H30N2O4/c1-17-2-5-21(27-17)16-23-10-9-22(15-19(23)8-11-24)14-18-3-6-20(7-4-18)26-13-12-25/h2-7,19,24-25H,8-16H2,1H3/t19-/m0/s1. The van der Waals surface area contributed by atoms with Crippen molar-refractivity contribution in [3.05, 3.63) is 53.5 Å². The van der Waals surface area contributed by atoms with Crippen molar-refractivity contribution in [1.82, 2.24) is 9.80 Å². The first kappa shape index (κ1) is 19.9. The smallest absolute Gasteiger partial charge is 0.119 e. The molecule has 148 valence electrons. The van der Waals surface area contributed by atoms with E-state index in [0.29, 0.717) is 12.6 Å². The van der Waals surface area contributed by atoms with E-state index in [4.69, 9.17) is 14.3 Å². The van der Waals surface area contributed by atoms with E-state index in [1.165, 1.54) is 5.56 Å². The van der Waals surface area contributed by atoms with E-state index in [2.05, 4.69) is 21.9 Å². The van der Waals surface area contributed by atoms with Crippen LogP contribution in [0.2, 0.25) is 0 Å². The number of ether oxygens (including phenoxy) is 1. The second-order valence-electron chi connectivity index (χ2n) is 7.10. The van der Waals surface area contributed by atoms with E-state index in [9.17, 15) is 5.11 Å². The topological polar surface area (TPSA) is 69.3 Å². The molecule has 0 bridgehead atoms. The first-order chi connectivity index (χ1) is 13.2. The normalized spacial score (nSPS) is 18.7. The number of piperazine rings is 1. The molecule has 3 rings (SSSR count). The lowest BCUT2D eigenvalue weighted by Crippen LogP contribution is -2.52. The molecule has 1 aliphatic heterocycles. The highest BCUT2D eigenvalue weighted by Gasteiger charge is 2.27. The molecule has 0 radical (unpaired) electrons. The van der Waals surface area contributed by atoms with E-state index < -0.39 is 0 Å². The van der Waals surface area contributed by atoms with E-state index in [0.717, 1.165) is 56.4 Å². The van der Waals surface area contributed by atoms with Gasteiger partial charge >= 0.3 is 0 Å². The van der Waals surface area contributed by atoms with Crippen molar-refractivity contribution in [1.29, 1.82) is 0 Å². The Bertz CT molecular complexity index is 686. The Morgan fingerprint density at radius 3 is 2.52 bits per heavy atom. The molecule has 1 fully saturated rings. The monoisotopic (exact) mass is 374 g/mol. The molecule has 27 heavy (non-hydrogen) atoms. The highest BCUT2D eigenvalue weighted by molar-refractivity contribution is 5.27. The zero-order valence-corrected chi connectivity index (χ0v) is 16.0. The predicted molar refractivity (Wildman–Crippen MR) is 104 cm³/mol. The molecule has 2 N–H and O–H groups in total. The van der Waals surface area contributed by atoms with Crippen LogP contribution in [-0.4, -0.2) is 65.5 Å². The maximum absolute atomic E-state index is 9.48. The maximum atomic E-state index is 9.48. The van der Waals surface area contributed by atoms with Gasteiger partial charge in [0.05, 0.1) is 13.2 Å². The SMILES string of the molecule is Cc1ccc(CN2CCN(Cc3ccc(OCCO)cc3)C[C@@H]2CCO)o1. The number of furan rings is 1. The molecule has 1 aromatic carbocycles. The van der Waals surface area contributed by atoms with Gasteiger partial charge in [0.15, 0.2) is 0 Å². The van der Waals surface area contributed by atoms with Crippen molar-refractivity contribution in [3.63, 3.8) is 0 Å². The Balaban J connectivity index is 1.55. The van der Waals surface area contributed by atoms with Gasteiger partial charge in [0, 0.05) is 38.8 Å². The molecule has 1 aromatic heterocycles. The molecule has 6 heteroatoms. The fourth-order valence-electron chi connectivity index (χ4n) is 3.61. The number of rotatable bonds is 9. The van der Waals surface area contributed by atoms with Crippen molar-refractivity contribution in [3.8, 4) is 5.75 Å². The minimum absolute atomic E-state index is 0.0237. The Labute approximate surface area is 161 Å². The van der Waals surface area contributed by atoms with Gasteiger partial charge in [-0.3, -0.25) is 9.80 Å². The van der Waals surface area contributed by atoms with Crippen LogP contribution in [-0.2, 0) is 13.1 Å². The van der Waals surface area contributed by atoms with Gasteiger partial charge in [-0.1, -0.05) is 12.1 Å². The fourth-order valence-corrected chi connectivity index (χ4v) is 3.61. The second-order valence-corrected chi connectivity index (χ2v) is 7.10. The summed E-state index contributed by atoms with van der Waals surface area (Å²) in [6.07, 6.45) is 0.768. The summed E-state index contributed by atoms with van der Waals surface area (Å²) in [5.74, 6) is 2.71. The summed E-state index contributed by atoms with van der Waals surface area (Å²) < 4.78 is 11.1. The first-order valence-electron chi connectivity index (χ1n) is 9.63. The van der Waals surface area contributed by atoms with E-state index in [1.807, 2.05) is 31.2 Å². The number of aryl methyl sites for hydroxylation is 1. The molecule has 0 aliphatic carbocycles. The van der Waals surface area contributed by atoms with Crippen LogP contribution in [0, 0.1) is 6.92 Å². The van der Waals surface area contributed by atoms with Gasteiger partial charge in [0.1, 0.15) is 23.9 Å². The summed E-state index contributed by atoms with van der Waals surface area (Å²) in [7, 11) is 0. The summed E-state index contributed by atoms with van der Waals surface area (Å²) in [4.78, 5) is 4.85. The summed E-state index contributed by atoms with van der Waals surface area (Å²) in [6, 6.07) is 12.4. The third-order valence-corrected chi connectivity index (χ3v) is 5.00. The molecule has 6 nitrogen and oxygen atoms in total. The minimum atomic E-state index is 0.0237. The van der Waals surface area contributed by atoms with Crippen LogP contribution >= 0.6 is 0 Å². The maximum Gasteiger partial charge on any atom is 0.119 e. The van der Waals surface area contributed by atoms with Gasteiger partial charge in [0.25, 0.3) is 0 Å². The van der Waals surface area contributed by atoms with E-state index >= 15 is 0 Å². The van der Waals surface area contributed by atoms with E-state index in [1.54, 1.807) is 0 Å². The van der Waals surface area contributed by atoms with Gasteiger partial charge in [-0.05, 0) is 43.2 Å². The van der Waals surface area contributed by atoms with Gasteiger partial charge in [-0.25, -0.2) is 0 Å². The summed E-state index contributed by atoms with van der Waals surface area (Å²) in [5.41, 5.74) is 1.24. The molecule has 1 saturated heterocycles. The zero-order valence-electron chi connectivity index (χ0n) is 16.0. The molecule has 2 heterocycles. The average molecular weight is 374 g/mol. The Hall–Kier alpha value is -1.86. The molecule has 1 atom stereocenters. The predicted octanol–water partition coefficient (Wildman–Crippen LogP) is 2.03. The summed E-state index contributed by atoms with van der Waals surface area (Å²) in [5, 5.41) is 18.3. The van der Waals surface area contributed by atoms with Gasteiger partial charge in [-0.15, -0.1) is 0 Å². The van der Waals surface area contributed by atoms with Crippen LogP contribution in [0.1, 0.15) is 23.5 Å². The van der Waals surface area contributed by atoms with Crippen molar-refractivity contribution in [2.75, 3.05) is 39.5 Å². The van der Waals surface area contributed by atoms with Gasteiger partial charge in [0.2, 0.25) is 0 Å². The lowest BCUT2D eigenvalue weighted by atomic mass is 10.1. The third kappa shape index (κ3) is 5.81. The van der Waals surface area contributed by atoms with Crippen LogP contribution in [0.25, 0.3) is 0 Å². The average Bonchev–Trinajstić information content (AvgIpc) is 3.08. The number of hydrogen-bond acceptors (Lipinski definition) is 6. The fraction of sp³-hybridized carbons (Fsp3) is 0.524. The molecule has 0 saturated carbocycles. The number of nitrogens with zero attached hydrogens (tertiary/aromatic N) is 2. The van der Waals surface area contributed by atoms with Crippen molar-refractivity contribution in [2.45, 2.75) is 32.5 Å². The number of aliphatic hydroxyl groups is 2. The molecule has 2 aromatic rings. The van der Waals surface area contributed by atoms with Crippen LogP contribution in [0.15, 0.2) is 40.8 Å². The Kier molecular flexibility index (Phi) is 7.29. The number of hydrogen-bond donors (Lipinski definition) is 2. The second kappa shape index (κ2) is 9.90. The Morgan fingerprint density at radius 1 is 1.04 bits per heavy atom. The number of benzene rings is 1. The highest BCUT2D eigenvalue weighted by atomic mass is 16.5. The van der Waals surface area contributed by atoms with Crippen LogP contribution in [0.4, 0.5) is 0 Å². The summed E-state index contributed by atoms with van der Waals surface area (Å²) in [6.45, 7) is 7.07. The molecular weight excluding hydrogens is 344 g/mol. The molecule has 0 spiro atoms. The summed E-state index contributed by atoms with van der Waals surface area (Å²) >= 11 is 0. The molecular formula is C21H30N2O4.